The Balaban J connectivity index is 1.33. The number of hydrogen-bond donors (Lipinski definition) is 2. The summed E-state index contributed by atoms with van der Waals surface area (Å²) in [6.45, 7) is 3.82. The van der Waals surface area contributed by atoms with Crippen LogP contribution >= 0.6 is 0 Å². The zero-order valence-electron chi connectivity index (χ0n) is 20.2. The topological polar surface area (TPSA) is 84.5 Å². The molecule has 0 saturated heterocycles. The van der Waals surface area contributed by atoms with Crippen LogP contribution in [0.3, 0.4) is 0 Å². The van der Waals surface area contributed by atoms with Gasteiger partial charge in [0.05, 0.1) is 0 Å². The number of Topliss-reactive ketones (excluding diaryl/α,β-unsaturated/α-hetero) is 2. The molecule has 0 atom stereocenters. The summed E-state index contributed by atoms with van der Waals surface area (Å²) in [5.41, 5.74) is 7.19. The number of hydrogen-bond acceptors (Lipinski definition) is 5. The molecular formula is C29H30N2O4. The van der Waals surface area contributed by atoms with Crippen molar-refractivity contribution in [1.82, 2.24) is 5.32 Å². The summed E-state index contributed by atoms with van der Waals surface area (Å²) in [6, 6.07) is 13.4. The fraction of sp³-hybridized carbons (Fsp3) is 0.345. The van der Waals surface area contributed by atoms with Crippen LogP contribution in [0.25, 0.3) is 0 Å². The van der Waals surface area contributed by atoms with E-state index in [2.05, 4.69) is 10.6 Å². The number of aryl methyl sites for hydroxylation is 2. The Kier molecular flexibility index (Phi) is 6.29. The van der Waals surface area contributed by atoms with Crippen molar-refractivity contribution >= 4 is 23.2 Å². The van der Waals surface area contributed by atoms with Crippen LogP contribution < -0.4 is 15.4 Å². The van der Waals surface area contributed by atoms with Gasteiger partial charge in [0.15, 0.2) is 18.2 Å². The van der Waals surface area contributed by atoms with E-state index in [0.29, 0.717) is 18.6 Å². The van der Waals surface area contributed by atoms with Gasteiger partial charge >= 0.3 is 0 Å². The number of nitrogens with one attached hydrogen (secondary N) is 2. The summed E-state index contributed by atoms with van der Waals surface area (Å²) in [4.78, 5) is 38.3. The standard InChI is InChI=1S/C29H30N2O4/c1-17-9-10-18(2)23(15-17)31-26(34)16-35-20-13-11-19(12-14-20)27-28-21(5-3-7-24(28)32)30-22-6-4-8-25(33)29(22)27/h9-15,27,30H,3-8,16H2,1-2H3,(H,31,34). The zero-order chi connectivity index (χ0) is 24.5. The molecule has 2 N–H and O–H groups in total. The molecule has 0 radical (unpaired) electrons. The number of allylic oxidation sites excluding steroid dienone is 4. The number of carbonyl (C=O) groups is 3. The van der Waals surface area contributed by atoms with E-state index in [1.54, 1.807) is 0 Å². The van der Waals surface area contributed by atoms with Crippen molar-refractivity contribution in [3.8, 4) is 5.75 Å². The van der Waals surface area contributed by atoms with Gasteiger partial charge in [0.25, 0.3) is 5.91 Å². The number of rotatable bonds is 5. The molecule has 35 heavy (non-hydrogen) atoms. The number of anilines is 1. The largest absolute Gasteiger partial charge is 0.484 e. The number of benzene rings is 2. The molecule has 6 heteroatoms. The minimum Gasteiger partial charge on any atom is -0.484 e. The van der Waals surface area contributed by atoms with Gasteiger partial charge in [0, 0.05) is 47.0 Å². The molecule has 0 saturated carbocycles. The van der Waals surface area contributed by atoms with Crippen LogP contribution in [-0.4, -0.2) is 24.1 Å². The molecule has 2 aromatic carbocycles. The predicted octanol–water partition coefficient (Wildman–Crippen LogP) is 5.02. The highest BCUT2D eigenvalue weighted by atomic mass is 16.5. The smallest absolute Gasteiger partial charge is 0.262 e. The van der Waals surface area contributed by atoms with Crippen LogP contribution in [0.4, 0.5) is 5.69 Å². The van der Waals surface area contributed by atoms with Gasteiger partial charge in [-0.2, -0.15) is 0 Å². The molecule has 180 valence electrons. The third-order valence-corrected chi connectivity index (χ3v) is 7.04. The fourth-order valence-corrected chi connectivity index (χ4v) is 5.28. The minimum absolute atomic E-state index is 0.109. The lowest BCUT2D eigenvalue weighted by atomic mass is 9.71. The lowest BCUT2D eigenvalue weighted by molar-refractivity contribution is -0.118. The molecule has 0 fully saturated rings. The Morgan fingerprint density at radius 1 is 0.914 bits per heavy atom. The van der Waals surface area contributed by atoms with Crippen LogP contribution in [0, 0.1) is 13.8 Å². The maximum Gasteiger partial charge on any atom is 0.262 e. The summed E-state index contributed by atoms with van der Waals surface area (Å²) in [7, 11) is 0. The van der Waals surface area contributed by atoms with Gasteiger partial charge < -0.3 is 15.4 Å². The van der Waals surface area contributed by atoms with Gasteiger partial charge in [-0.05, 0) is 74.4 Å². The van der Waals surface area contributed by atoms with Crippen LogP contribution in [0.5, 0.6) is 5.75 Å². The Bertz CT molecular complexity index is 1230. The molecule has 0 aromatic heterocycles. The van der Waals surface area contributed by atoms with Gasteiger partial charge in [-0.25, -0.2) is 0 Å². The molecule has 6 nitrogen and oxygen atoms in total. The minimum atomic E-state index is -0.330. The van der Waals surface area contributed by atoms with Crippen molar-refractivity contribution in [1.29, 1.82) is 0 Å². The highest BCUT2D eigenvalue weighted by Gasteiger charge is 2.40. The average Bonchev–Trinajstić information content (AvgIpc) is 2.84. The van der Waals surface area contributed by atoms with Crippen LogP contribution in [0.2, 0.25) is 0 Å². The van der Waals surface area contributed by atoms with E-state index in [9.17, 15) is 14.4 Å². The molecule has 1 amide bonds. The fourth-order valence-electron chi connectivity index (χ4n) is 5.28. The molecule has 0 unspecified atom stereocenters. The van der Waals surface area contributed by atoms with E-state index in [4.69, 9.17) is 4.74 Å². The first-order chi connectivity index (χ1) is 16.9. The maximum absolute atomic E-state index is 12.9. The first kappa shape index (κ1) is 23.1. The van der Waals surface area contributed by atoms with E-state index in [1.807, 2.05) is 56.3 Å². The van der Waals surface area contributed by atoms with E-state index >= 15 is 0 Å². The highest BCUT2D eigenvalue weighted by molar-refractivity contribution is 6.06. The van der Waals surface area contributed by atoms with Crippen molar-refractivity contribution in [2.75, 3.05) is 11.9 Å². The quantitative estimate of drug-likeness (QED) is 0.641. The van der Waals surface area contributed by atoms with E-state index in [-0.39, 0.29) is 30.0 Å². The molecule has 2 aromatic rings. The van der Waals surface area contributed by atoms with Crippen LogP contribution in [-0.2, 0) is 14.4 Å². The Labute approximate surface area is 205 Å². The maximum atomic E-state index is 12.9. The molecule has 3 aliphatic rings. The summed E-state index contributed by atoms with van der Waals surface area (Å²) < 4.78 is 5.73. The average molecular weight is 471 g/mol. The van der Waals surface area contributed by atoms with Gasteiger partial charge in [0.1, 0.15) is 5.75 Å². The van der Waals surface area contributed by atoms with E-state index in [1.165, 1.54) is 0 Å². The Morgan fingerprint density at radius 2 is 1.54 bits per heavy atom. The lowest BCUT2D eigenvalue weighted by Crippen LogP contribution is -2.36. The molecule has 1 heterocycles. The van der Waals surface area contributed by atoms with Gasteiger partial charge in [-0.1, -0.05) is 24.3 Å². The number of dihydropyridines is 1. The molecule has 1 aliphatic heterocycles. The third-order valence-electron chi connectivity index (χ3n) is 7.04. The predicted molar refractivity (Wildman–Crippen MR) is 134 cm³/mol. The van der Waals surface area contributed by atoms with Gasteiger partial charge in [0.2, 0.25) is 0 Å². The van der Waals surface area contributed by atoms with Crippen molar-refractivity contribution in [3.05, 3.63) is 81.7 Å². The summed E-state index contributed by atoms with van der Waals surface area (Å²) in [6.07, 6.45) is 4.38. The van der Waals surface area contributed by atoms with E-state index in [0.717, 1.165) is 70.6 Å². The molecule has 5 rings (SSSR count). The second-order valence-electron chi connectivity index (χ2n) is 9.62. The van der Waals surface area contributed by atoms with Crippen molar-refractivity contribution in [2.45, 2.75) is 58.3 Å². The summed E-state index contributed by atoms with van der Waals surface area (Å²) >= 11 is 0. The van der Waals surface area contributed by atoms with Crippen molar-refractivity contribution < 1.29 is 19.1 Å². The normalized spacial score (nSPS) is 18.1. The highest BCUT2D eigenvalue weighted by Crippen LogP contribution is 2.45. The van der Waals surface area contributed by atoms with Crippen LogP contribution in [0.15, 0.2) is 65.0 Å². The second-order valence-corrected chi connectivity index (χ2v) is 9.62. The molecule has 2 aliphatic carbocycles. The Hall–Kier alpha value is -3.67. The monoisotopic (exact) mass is 470 g/mol. The molecule has 0 bridgehead atoms. The lowest BCUT2D eigenvalue weighted by Gasteiger charge is -2.37. The summed E-state index contributed by atoms with van der Waals surface area (Å²) in [5, 5.41) is 6.34. The number of ketones is 2. The summed E-state index contributed by atoms with van der Waals surface area (Å²) in [5.74, 6) is 0.246. The van der Waals surface area contributed by atoms with Crippen molar-refractivity contribution in [2.24, 2.45) is 0 Å². The Morgan fingerprint density at radius 3 is 2.17 bits per heavy atom. The molecular weight excluding hydrogens is 440 g/mol. The zero-order valence-corrected chi connectivity index (χ0v) is 20.2. The van der Waals surface area contributed by atoms with Crippen molar-refractivity contribution in [3.63, 3.8) is 0 Å². The van der Waals surface area contributed by atoms with Gasteiger partial charge in [-0.3, -0.25) is 14.4 Å². The molecule has 0 spiro atoms. The van der Waals surface area contributed by atoms with Gasteiger partial charge in [-0.15, -0.1) is 0 Å². The SMILES string of the molecule is Cc1ccc(C)c(NC(=O)COc2ccc(C3C4=C(CCCC4=O)NC4=C3C(=O)CCC4)cc2)c1. The van der Waals surface area contributed by atoms with Crippen LogP contribution in [0.1, 0.15) is 61.1 Å². The number of carbonyl (C=O) groups excluding carboxylic acids is 3. The number of ether oxygens (including phenoxy) is 1. The third kappa shape index (κ3) is 4.65. The van der Waals surface area contributed by atoms with E-state index < -0.39 is 0 Å². The first-order valence-corrected chi connectivity index (χ1v) is 12.3. The number of amides is 1. The second kappa shape index (κ2) is 9.53. The first-order valence-electron chi connectivity index (χ1n) is 12.3.